The summed E-state index contributed by atoms with van der Waals surface area (Å²) in [7, 11) is 0. The normalized spacial score (nSPS) is 10.1. The second kappa shape index (κ2) is 6.25. The molecule has 0 fully saturated rings. The molecule has 3 aromatic carbocycles. The lowest BCUT2D eigenvalue weighted by atomic mass is 10.1. The summed E-state index contributed by atoms with van der Waals surface area (Å²) in [6.45, 7) is 3.15. The summed E-state index contributed by atoms with van der Waals surface area (Å²) in [5.41, 5.74) is 2.51. The van der Waals surface area contributed by atoms with Gasteiger partial charge < -0.3 is 4.90 Å². The molecule has 3 aromatic rings. The van der Waals surface area contributed by atoms with Crippen molar-refractivity contribution < 1.29 is 0 Å². The van der Waals surface area contributed by atoms with Crippen LogP contribution in [0, 0.1) is 0 Å². The van der Waals surface area contributed by atoms with Crippen molar-refractivity contribution in [1.82, 2.24) is 0 Å². The number of anilines is 2. The van der Waals surface area contributed by atoms with Gasteiger partial charge in [-0.1, -0.05) is 62.0 Å². The van der Waals surface area contributed by atoms with Crippen LogP contribution in [0.3, 0.4) is 0 Å². The summed E-state index contributed by atoms with van der Waals surface area (Å²) in [4.78, 5) is 2.35. The average Bonchev–Trinajstić information content (AvgIpc) is 2.49. The maximum absolute atomic E-state index is 2.35. The minimum absolute atomic E-state index is 0. The average molecular weight is 263 g/mol. The lowest BCUT2D eigenvalue weighted by Gasteiger charge is -2.24. The zero-order chi connectivity index (χ0) is 13.1. The fraction of sp³-hybridized carbons (Fsp3) is 0.158. The molecule has 0 spiro atoms. The van der Waals surface area contributed by atoms with Gasteiger partial charge in [0, 0.05) is 23.3 Å². The van der Waals surface area contributed by atoms with Gasteiger partial charge in [0.1, 0.15) is 0 Å². The van der Waals surface area contributed by atoms with E-state index in [1.165, 1.54) is 22.1 Å². The summed E-state index contributed by atoms with van der Waals surface area (Å²) in [5.74, 6) is 0. The number of para-hydroxylation sites is 1. The van der Waals surface area contributed by atoms with Gasteiger partial charge in [-0.25, -0.2) is 0 Å². The molecule has 1 nitrogen and oxygen atoms in total. The Labute approximate surface area is 121 Å². The fourth-order valence-corrected chi connectivity index (χ4v) is 2.54. The molecule has 20 heavy (non-hydrogen) atoms. The van der Waals surface area contributed by atoms with Crippen molar-refractivity contribution in [3.05, 3.63) is 72.8 Å². The van der Waals surface area contributed by atoms with E-state index in [2.05, 4.69) is 84.6 Å². The molecule has 0 aromatic heterocycles. The number of fused-ring (bicyclic) bond motifs is 1. The smallest absolute Gasteiger partial charge is 0.0490 e. The summed E-state index contributed by atoms with van der Waals surface area (Å²) in [6.07, 6.45) is 0. The molecule has 0 N–H and O–H groups in total. The minimum atomic E-state index is 0. The van der Waals surface area contributed by atoms with Crippen LogP contribution in [0.2, 0.25) is 0 Å². The van der Waals surface area contributed by atoms with E-state index >= 15 is 0 Å². The standard InChI is InChI=1S/C18H17N.CH4/c1-2-19(16-11-4-3-5-12-16)18-14-8-10-15-9-6-7-13-17(15)18;/h3-14H,2H2,1H3;1H4. The Morgan fingerprint density at radius 2 is 1.40 bits per heavy atom. The molecule has 3 rings (SSSR count). The summed E-state index contributed by atoms with van der Waals surface area (Å²) in [6, 6.07) is 25.6. The van der Waals surface area contributed by atoms with Gasteiger partial charge in [0.15, 0.2) is 0 Å². The summed E-state index contributed by atoms with van der Waals surface area (Å²) in [5, 5.41) is 2.59. The second-order valence-electron chi connectivity index (χ2n) is 4.58. The highest BCUT2D eigenvalue weighted by molar-refractivity contribution is 5.96. The van der Waals surface area contributed by atoms with E-state index in [0.29, 0.717) is 0 Å². The second-order valence-corrected chi connectivity index (χ2v) is 4.58. The Morgan fingerprint density at radius 3 is 2.15 bits per heavy atom. The van der Waals surface area contributed by atoms with E-state index in [4.69, 9.17) is 0 Å². The summed E-state index contributed by atoms with van der Waals surface area (Å²) >= 11 is 0. The van der Waals surface area contributed by atoms with Crippen molar-refractivity contribution in [3.63, 3.8) is 0 Å². The highest BCUT2D eigenvalue weighted by Gasteiger charge is 2.09. The zero-order valence-electron chi connectivity index (χ0n) is 11.1. The minimum Gasteiger partial charge on any atom is -0.341 e. The van der Waals surface area contributed by atoms with Crippen LogP contribution >= 0.6 is 0 Å². The van der Waals surface area contributed by atoms with Gasteiger partial charge in [0.2, 0.25) is 0 Å². The van der Waals surface area contributed by atoms with Crippen LogP contribution < -0.4 is 4.90 Å². The molecular formula is C19H21N. The maximum Gasteiger partial charge on any atom is 0.0490 e. The van der Waals surface area contributed by atoms with Crippen molar-refractivity contribution in [2.45, 2.75) is 14.4 Å². The first-order chi connectivity index (χ1) is 9.40. The largest absolute Gasteiger partial charge is 0.341 e. The molecule has 102 valence electrons. The Balaban J connectivity index is 0.00000147. The van der Waals surface area contributed by atoms with E-state index in [-0.39, 0.29) is 7.43 Å². The lowest BCUT2D eigenvalue weighted by molar-refractivity contribution is 1.03. The fourth-order valence-electron chi connectivity index (χ4n) is 2.54. The SMILES string of the molecule is C.CCN(c1ccccc1)c1cccc2ccccc12. The molecule has 0 aliphatic rings. The Morgan fingerprint density at radius 1 is 0.750 bits per heavy atom. The van der Waals surface area contributed by atoms with Gasteiger partial charge in [-0.2, -0.15) is 0 Å². The van der Waals surface area contributed by atoms with Gasteiger partial charge in [0.25, 0.3) is 0 Å². The summed E-state index contributed by atoms with van der Waals surface area (Å²) < 4.78 is 0. The van der Waals surface area contributed by atoms with Crippen molar-refractivity contribution in [3.8, 4) is 0 Å². The van der Waals surface area contributed by atoms with Crippen LogP contribution in [0.15, 0.2) is 72.8 Å². The first-order valence-corrected chi connectivity index (χ1v) is 6.70. The van der Waals surface area contributed by atoms with Crippen LogP contribution in [0.25, 0.3) is 10.8 Å². The van der Waals surface area contributed by atoms with Crippen molar-refractivity contribution >= 4 is 22.1 Å². The maximum atomic E-state index is 2.35. The Hall–Kier alpha value is -2.28. The van der Waals surface area contributed by atoms with E-state index in [1.807, 2.05) is 0 Å². The number of nitrogens with zero attached hydrogens (tertiary/aromatic N) is 1. The third kappa shape index (κ3) is 2.53. The predicted molar refractivity (Wildman–Crippen MR) is 89.8 cm³/mol. The van der Waals surface area contributed by atoms with Gasteiger partial charge in [-0.15, -0.1) is 0 Å². The van der Waals surface area contributed by atoms with Crippen LogP contribution in [0.4, 0.5) is 11.4 Å². The first-order valence-electron chi connectivity index (χ1n) is 6.70. The van der Waals surface area contributed by atoms with Crippen molar-refractivity contribution in [2.75, 3.05) is 11.4 Å². The quantitative estimate of drug-likeness (QED) is 0.591. The van der Waals surface area contributed by atoms with Gasteiger partial charge >= 0.3 is 0 Å². The Kier molecular flexibility index (Phi) is 4.41. The monoisotopic (exact) mass is 263 g/mol. The Bertz CT molecular complexity index is 668. The molecule has 0 saturated heterocycles. The molecule has 1 heteroatoms. The molecule has 0 unspecified atom stereocenters. The molecule has 0 saturated carbocycles. The molecule has 0 heterocycles. The van der Waals surface area contributed by atoms with E-state index in [9.17, 15) is 0 Å². The van der Waals surface area contributed by atoms with Crippen LogP contribution in [0.5, 0.6) is 0 Å². The highest BCUT2D eigenvalue weighted by Crippen LogP contribution is 2.31. The van der Waals surface area contributed by atoms with Crippen LogP contribution in [0.1, 0.15) is 14.4 Å². The zero-order valence-corrected chi connectivity index (χ0v) is 11.1. The predicted octanol–water partition coefficient (Wildman–Crippen LogP) is 5.63. The third-order valence-electron chi connectivity index (χ3n) is 3.44. The van der Waals surface area contributed by atoms with Gasteiger partial charge in [0.05, 0.1) is 0 Å². The van der Waals surface area contributed by atoms with Crippen molar-refractivity contribution in [2.24, 2.45) is 0 Å². The number of rotatable bonds is 3. The topological polar surface area (TPSA) is 3.24 Å². The molecule has 0 atom stereocenters. The third-order valence-corrected chi connectivity index (χ3v) is 3.44. The van der Waals surface area contributed by atoms with Crippen LogP contribution in [-0.2, 0) is 0 Å². The first kappa shape index (κ1) is 14.1. The highest BCUT2D eigenvalue weighted by atomic mass is 15.1. The lowest BCUT2D eigenvalue weighted by Crippen LogP contribution is -2.16. The van der Waals surface area contributed by atoms with E-state index in [0.717, 1.165) is 6.54 Å². The molecule has 0 bridgehead atoms. The molecule has 0 radical (unpaired) electrons. The van der Waals surface area contributed by atoms with E-state index < -0.39 is 0 Å². The van der Waals surface area contributed by atoms with Gasteiger partial charge in [-0.05, 0) is 30.5 Å². The number of hydrogen-bond acceptors (Lipinski definition) is 1. The van der Waals surface area contributed by atoms with Crippen LogP contribution in [-0.4, -0.2) is 6.54 Å². The number of hydrogen-bond donors (Lipinski definition) is 0. The molecule has 0 amide bonds. The molecular weight excluding hydrogens is 242 g/mol. The molecule has 0 aliphatic heterocycles. The number of benzene rings is 3. The van der Waals surface area contributed by atoms with Crippen molar-refractivity contribution in [1.29, 1.82) is 0 Å². The van der Waals surface area contributed by atoms with E-state index in [1.54, 1.807) is 0 Å². The molecule has 0 aliphatic carbocycles. The van der Waals surface area contributed by atoms with Gasteiger partial charge in [-0.3, -0.25) is 0 Å².